The predicted molar refractivity (Wildman–Crippen MR) is 67.0 cm³/mol. The van der Waals surface area contributed by atoms with E-state index in [0.717, 1.165) is 0 Å². The van der Waals surface area contributed by atoms with Crippen LogP contribution in [0, 0.1) is 0 Å². The molecule has 1 aromatic rings. The summed E-state index contributed by atoms with van der Waals surface area (Å²) in [6, 6.07) is 4.53. The lowest BCUT2D eigenvalue weighted by molar-refractivity contribution is 0.0694. The Labute approximate surface area is 103 Å². The van der Waals surface area contributed by atoms with Crippen molar-refractivity contribution in [1.29, 1.82) is 0 Å². The van der Waals surface area contributed by atoms with E-state index in [0.29, 0.717) is 0 Å². The molecule has 0 saturated heterocycles. The summed E-state index contributed by atoms with van der Waals surface area (Å²) in [7, 11) is 1.36. The zero-order chi connectivity index (χ0) is 13.7. The molecule has 0 spiro atoms. The Morgan fingerprint density at radius 2 is 2.00 bits per heavy atom. The average molecular weight is 251 g/mol. The maximum Gasteiger partial charge on any atom is 0.341 e. The van der Waals surface area contributed by atoms with Crippen LogP contribution in [-0.4, -0.2) is 30.1 Å². The van der Waals surface area contributed by atoms with Crippen LogP contribution in [0.3, 0.4) is 0 Å². The van der Waals surface area contributed by atoms with Gasteiger partial charge >= 0.3 is 5.97 Å². The lowest BCUT2D eigenvalue weighted by Gasteiger charge is -2.07. The highest BCUT2D eigenvalue weighted by molar-refractivity contribution is 5.99. The number of ether oxygens (including phenoxy) is 1. The molecule has 0 heterocycles. The second-order valence-corrected chi connectivity index (χ2v) is 3.17. The molecule has 1 aromatic carbocycles. The molecule has 0 aromatic heterocycles. The number of aliphatic imine (C=N–C) groups is 2. The Kier molecular flexibility index (Phi) is 4.08. The molecular weight excluding hydrogens is 238 g/mol. The quantitative estimate of drug-likeness (QED) is 0.424. The summed E-state index contributed by atoms with van der Waals surface area (Å²) in [6.07, 6.45) is 0. The summed E-state index contributed by atoms with van der Waals surface area (Å²) in [6.45, 7) is 0. The third-order valence-corrected chi connectivity index (χ3v) is 1.92. The van der Waals surface area contributed by atoms with Crippen molar-refractivity contribution in [1.82, 2.24) is 0 Å². The zero-order valence-corrected chi connectivity index (χ0v) is 9.62. The Balaban J connectivity index is 3.33. The Morgan fingerprint density at radius 1 is 1.33 bits per heavy atom. The first-order valence-corrected chi connectivity index (χ1v) is 4.79. The van der Waals surface area contributed by atoms with Crippen molar-refractivity contribution in [3.05, 3.63) is 23.8 Å². The third kappa shape index (κ3) is 3.11. The normalized spacial score (nSPS) is 10.8. The molecule has 96 valence electrons. The summed E-state index contributed by atoms with van der Waals surface area (Å²) in [5.41, 5.74) is 15.7. The van der Waals surface area contributed by atoms with E-state index in [1.807, 2.05) is 0 Å². The van der Waals surface area contributed by atoms with Gasteiger partial charge in [0.1, 0.15) is 11.3 Å². The summed E-state index contributed by atoms with van der Waals surface area (Å²) < 4.78 is 4.93. The molecule has 0 radical (unpaired) electrons. The molecule has 0 aliphatic carbocycles. The lowest BCUT2D eigenvalue weighted by Crippen LogP contribution is -2.26. The van der Waals surface area contributed by atoms with Gasteiger partial charge in [-0.3, -0.25) is 0 Å². The van der Waals surface area contributed by atoms with E-state index in [4.69, 9.17) is 27.0 Å². The van der Waals surface area contributed by atoms with Crippen LogP contribution >= 0.6 is 0 Å². The van der Waals surface area contributed by atoms with E-state index >= 15 is 0 Å². The van der Waals surface area contributed by atoms with Crippen molar-refractivity contribution >= 4 is 23.6 Å². The maximum atomic E-state index is 11.1. The van der Waals surface area contributed by atoms with E-state index in [9.17, 15) is 4.79 Å². The van der Waals surface area contributed by atoms with Crippen LogP contribution in [0.15, 0.2) is 28.2 Å². The van der Waals surface area contributed by atoms with Gasteiger partial charge in [0.25, 0.3) is 0 Å². The van der Waals surface area contributed by atoms with Gasteiger partial charge in [-0.1, -0.05) is 6.07 Å². The number of methoxy groups -OCH3 is 1. The Bertz CT molecular complexity index is 520. The highest BCUT2D eigenvalue weighted by Gasteiger charge is 2.16. The van der Waals surface area contributed by atoms with Gasteiger partial charge in [-0.2, -0.15) is 4.99 Å². The van der Waals surface area contributed by atoms with Gasteiger partial charge in [0.05, 0.1) is 12.8 Å². The van der Waals surface area contributed by atoms with Crippen LogP contribution in [-0.2, 0) is 0 Å². The molecule has 0 aliphatic heterocycles. The van der Waals surface area contributed by atoms with Gasteiger partial charge in [-0.15, -0.1) is 0 Å². The SMILES string of the molecule is COc1cccc(N=C(N)N=C(N)N)c1C(=O)O. The molecular formula is C10H13N5O3. The smallest absolute Gasteiger partial charge is 0.341 e. The molecule has 7 N–H and O–H groups in total. The second kappa shape index (κ2) is 5.53. The molecule has 0 saturated carbocycles. The van der Waals surface area contributed by atoms with Crippen molar-refractivity contribution in [3.8, 4) is 5.75 Å². The number of carboxylic acid groups (broad SMARTS) is 1. The second-order valence-electron chi connectivity index (χ2n) is 3.17. The largest absolute Gasteiger partial charge is 0.496 e. The standard InChI is InChI=1S/C10H13N5O3/c1-18-6-4-2-3-5(7(6)8(16)17)14-10(13)15-9(11)12/h2-4H,1H3,(H,16,17)(H6,11,12,13,14,15). The fourth-order valence-corrected chi connectivity index (χ4v) is 1.28. The predicted octanol–water partition coefficient (Wildman–Crippen LogP) is -0.387. The van der Waals surface area contributed by atoms with Gasteiger partial charge in [0, 0.05) is 0 Å². The first-order valence-electron chi connectivity index (χ1n) is 4.79. The van der Waals surface area contributed by atoms with Gasteiger partial charge in [0.15, 0.2) is 5.96 Å². The molecule has 0 fully saturated rings. The number of nitrogens with two attached hydrogens (primary N) is 3. The van der Waals surface area contributed by atoms with Crippen LogP contribution in [0.4, 0.5) is 5.69 Å². The number of nitrogens with zero attached hydrogens (tertiary/aromatic N) is 2. The minimum atomic E-state index is -1.19. The molecule has 0 bridgehead atoms. The molecule has 0 atom stereocenters. The van der Waals surface area contributed by atoms with Gasteiger partial charge in [-0.25, -0.2) is 9.79 Å². The number of carboxylic acids is 1. The number of carbonyl (C=O) groups is 1. The van der Waals surface area contributed by atoms with E-state index in [2.05, 4.69) is 9.98 Å². The van der Waals surface area contributed by atoms with Crippen LogP contribution in [0.1, 0.15) is 10.4 Å². The first-order chi connectivity index (χ1) is 8.45. The van der Waals surface area contributed by atoms with Gasteiger partial charge in [-0.05, 0) is 12.1 Å². The van der Waals surface area contributed by atoms with Crippen LogP contribution < -0.4 is 21.9 Å². The third-order valence-electron chi connectivity index (χ3n) is 1.92. The minimum Gasteiger partial charge on any atom is -0.496 e. The topological polar surface area (TPSA) is 149 Å². The fourth-order valence-electron chi connectivity index (χ4n) is 1.28. The average Bonchev–Trinajstić information content (AvgIpc) is 2.26. The molecule has 1 rings (SSSR count). The van der Waals surface area contributed by atoms with Crippen LogP contribution in [0.2, 0.25) is 0 Å². The fraction of sp³-hybridized carbons (Fsp3) is 0.100. The van der Waals surface area contributed by atoms with E-state index in [1.165, 1.54) is 19.2 Å². The van der Waals surface area contributed by atoms with E-state index in [-0.39, 0.29) is 28.9 Å². The molecule has 0 aliphatic rings. The highest BCUT2D eigenvalue weighted by atomic mass is 16.5. The summed E-state index contributed by atoms with van der Waals surface area (Å²) >= 11 is 0. The number of aromatic carboxylic acids is 1. The number of rotatable bonds is 3. The van der Waals surface area contributed by atoms with Crippen molar-refractivity contribution in [2.45, 2.75) is 0 Å². The Morgan fingerprint density at radius 3 is 2.50 bits per heavy atom. The van der Waals surface area contributed by atoms with Gasteiger partial charge < -0.3 is 27.0 Å². The molecule has 0 amide bonds. The van der Waals surface area contributed by atoms with Crippen molar-refractivity contribution in [3.63, 3.8) is 0 Å². The summed E-state index contributed by atoms with van der Waals surface area (Å²) in [5, 5.41) is 9.10. The van der Waals surface area contributed by atoms with Gasteiger partial charge in [0.2, 0.25) is 5.96 Å². The minimum absolute atomic E-state index is 0.101. The lowest BCUT2D eigenvalue weighted by atomic mass is 10.1. The Hall–Kier alpha value is -2.77. The van der Waals surface area contributed by atoms with Crippen LogP contribution in [0.5, 0.6) is 5.75 Å². The summed E-state index contributed by atoms with van der Waals surface area (Å²) in [4.78, 5) is 18.4. The molecule has 8 heteroatoms. The monoisotopic (exact) mass is 251 g/mol. The number of benzene rings is 1. The number of hydrogen-bond donors (Lipinski definition) is 4. The first kappa shape index (κ1) is 13.3. The molecule has 18 heavy (non-hydrogen) atoms. The number of hydrogen-bond acceptors (Lipinski definition) is 3. The molecule has 8 nitrogen and oxygen atoms in total. The maximum absolute atomic E-state index is 11.1. The van der Waals surface area contributed by atoms with Crippen LogP contribution in [0.25, 0.3) is 0 Å². The van der Waals surface area contributed by atoms with Crippen molar-refractivity contribution < 1.29 is 14.6 Å². The van der Waals surface area contributed by atoms with E-state index < -0.39 is 5.97 Å². The number of guanidine groups is 2. The summed E-state index contributed by atoms with van der Waals surface area (Å²) in [5.74, 6) is -1.54. The van der Waals surface area contributed by atoms with E-state index in [1.54, 1.807) is 6.07 Å². The van der Waals surface area contributed by atoms with Crippen molar-refractivity contribution in [2.75, 3.05) is 7.11 Å². The molecule has 0 unspecified atom stereocenters. The zero-order valence-electron chi connectivity index (χ0n) is 9.62. The highest BCUT2D eigenvalue weighted by Crippen LogP contribution is 2.28. The van der Waals surface area contributed by atoms with Crippen molar-refractivity contribution in [2.24, 2.45) is 27.2 Å².